The molecule has 1 aromatic heterocycles. The van der Waals surface area contributed by atoms with Crippen molar-refractivity contribution in [1.82, 2.24) is 10.2 Å². The third kappa shape index (κ3) is 0.875. The van der Waals surface area contributed by atoms with Gasteiger partial charge in [-0.3, -0.25) is 15.2 Å². The van der Waals surface area contributed by atoms with Gasteiger partial charge in [0.05, 0.1) is 10.5 Å². The Labute approximate surface area is 58.0 Å². The Bertz CT molecular complexity index is 250. The minimum Gasteiger partial charge on any atom is -0.286 e. The van der Waals surface area contributed by atoms with Crippen LogP contribution in [0.3, 0.4) is 0 Å². The van der Waals surface area contributed by atoms with Crippen LogP contribution in [0.4, 0.5) is 5.69 Å². The number of aromatic amines is 1. The average molecular weight is 137 g/mol. The zero-order valence-corrected chi connectivity index (χ0v) is 5.29. The van der Waals surface area contributed by atoms with Crippen molar-refractivity contribution >= 4 is 19.1 Å². The Morgan fingerprint density at radius 1 is 1.80 bits per heavy atom. The number of hydrogen-bond acceptors (Lipinski definition) is 3. The summed E-state index contributed by atoms with van der Waals surface area (Å²) in [6, 6.07) is 0. The van der Waals surface area contributed by atoms with Crippen LogP contribution in [0.15, 0.2) is 0 Å². The lowest BCUT2D eigenvalue weighted by Crippen LogP contribution is -2.08. The van der Waals surface area contributed by atoms with Crippen LogP contribution in [0.25, 0.3) is 0 Å². The van der Waals surface area contributed by atoms with E-state index in [1.807, 2.05) is 0 Å². The smallest absolute Gasteiger partial charge is 0.286 e. The van der Waals surface area contributed by atoms with E-state index in [0.717, 1.165) is 0 Å². The highest BCUT2D eigenvalue weighted by molar-refractivity contribution is 6.33. The van der Waals surface area contributed by atoms with Crippen LogP contribution in [0.5, 0.6) is 0 Å². The van der Waals surface area contributed by atoms with Gasteiger partial charge in [-0.1, -0.05) is 0 Å². The number of aromatic nitrogens is 2. The summed E-state index contributed by atoms with van der Waals surface area (Å²) in [5, 5.41) is 16.0. The van der Waals surface area contributed by atoms with Gasteiger partial charge in [-0.25, -0.2) is 0 Å². The summed E-state index contributed by atoms with van der Waals surface area (Å²) in [5.41, 5.74) is 0.171. The maximum Gasteiger partial charge on any atom is 0.301 e. The Hall–Kier alpha value is -1.33. The molecule has 0 aliphatic heterocycles. The molecule has 0 aromatic carbocycles. The van der Waals surface area contributed by atoms with Crippen LogP contribution >= 0.6 is 0 Å². The standard InChI is InChI=1S/C4H4BN3O2/c1-2-3(8(9)10)4(5)7-6-2/h1H3,(H,6,7). The summed E-state index contributed by atoms with van der Waals surface area (Å²) in [7, 11) is 5.18. The molecule has 1 rings (SSSR count). The minimum absolute atomic E-state index is 0.00231. The molecule has 2 radical (unpaired) electrons. The molecule has 0 fully saturated rings. The Morgan fingerprint density at radius 2 is 2.40 bits per heavy atom. The molecule has 6 heteroatoms. The summed E-state index contributed by atoms with van der Waals surface area (Å²) in [6.45, 7) is 1.52. The first-order valence-corrected chi connectivity index (χ1v) is 2.57. The van der Waals surface area contributed by atoms with Crippen molar-refractivity contribution in [3.8, 4) is 0 Å². The van der Waals surface area contributed by atoms with Crippen LogP contribution in [0.2, 0.25) is 0 Å². The van der Waals surface area contributed by atoms with E-state index in [4.69, 9.17) is 7.85 Å². The van der Waals surface area contributed by atoms with Gasteiger partial charge in [0.25, 0.3) is 0 Å². The number of nitro groups is 1. The molecule has 0 atom stereocenters. The average Bonchev–Trinajstić information content (AvgIpc) is 2.11. The molecule has 0 amide bonds. The summed E-state index contributed by atoms with van der Waals surface area (Å²) in [4.78, 5) is 9.61. The molecule has 0 aliphatic carbocycles. The Balaban J connectivity index is 3.23. The van der Waals surface area contributed by atoms with E-state index in [0.29, 0.717) is 5.69 Å². The highest BCUT2D eigenvalue weighted by atomic mass is 16.6. The van der Waals surface area contributed by atoms with E-state index >= 15 is 0 Å². The number of hydrogen-bond donors (Lipinski definition) is 1. The van der Waals surface area contributed by atoms with Gasteiger partial charge in [0.1, 0.15) is 5.69 Å². The molecule has 1 aromatic rings. The molecule has 10 heavy (non-hydrogen) atoms. The van der Waals surface area contributed by atoms with Crippen LogP contribution in [0.1, 0.15) is 5.69 Å². The molecule has 0 saturated carbocycles. The van der Waals surface area contributed by atoms with Gasteiger partial charge in [-0.15, -0.1) is 0 Å². The molecule has 0 bridgehead atoms. The normalized spacial score (nSPS) is 9.70. The largest absolute Gasteiger partial charge is 0.301 e. The molecule has 0 unspecified atom stereocenters. The predicted octanol–water partition coefficient (Wildman–Crippen LogP) is -0.580. The monoisotopic (exact) mass is 137 g/mol. The van der Waals surface area contributed by atoms with Gasteiger partial charge in [-0.05, 0) is 6.92 Å². The number of aryl methyl sites for hydroxylation is 1. The van der Waals surface area contributed by atoms with Crippen molar-refractivity contribution in [3.63, 3.8) is 0 Å². The number of rotatable bonds is 1. The molecule has 1 N–H and O–H groups in total. The molecule has 0 spiro atoms. The van der Waals surface area contributed by atoms with E-state index in [2.05, 4.69) is 10.2 Å². The Morgan fingerprint density at radius 3 is 2.60 bits per heavy atom. The number of nitrogens with one attached hydrogen (secondary N) is 1. The summed E-state index contributed by atoms with van der Waals surface area (Å²) >= 11 is 0. The van der Waals surface area contributed by atoms with Gasteiger partial charge >= 0.3 is 5.69 Å². The fourth-order valence-corrected chi connectivity index (χ4v) is 0.675. The van der Waals surface area contributed by atoms with Crippen molar-refractivity contribution in [2.75, 3.05) is 0 Å². The molecule has 0 saturated heterocycles. The third-order valence-corrected chi connectivity index (χ3v) is 1.12. The van der Waals surface area contributed by atoms with Gasteiger partial charge in [0, 0.05) is 0 Å². The number of H-pyrrole nitrogens is 1. The first-order valence-electron chi connectivity index (χ1n) is 2.57. The van der Waals surface area contributed by atoms with Gasteiger partial charge < -0.3 is 0 Å². The predicted molar refractivity (Wildman–Crippen MR) is 35.4 cm³/mol. The molecule has 50 valence electrons. The van der Waals surface area contributed by atoms with E-state index in [1.54, 1.807) is 0 Å². The second kappa shape index (κ2) is 2.13. The van der Waals surface area contributed by atoms with Gasteiger partial charge in [0.2, 0.25) is 0 Å². The number of nitrogens with zero attached hydrogens (tertiary/aromatic N) is 2. The summed E-state index contributed by atoms with van der Waals surface area (Å²) in [5.74, 6) is 0. The SMILES string of the molecule is [B]c1[nH]nc(C)c1[N+](=O)[O-]. The summed E-state index contributed by atoms with van der Waals surface area (Å²) in [6.07, 6.45) is 0. The maximum atomic E-state index is 10.2. The van der Waals surface area contributed by atoms with Crippen molar-refractivity contribution in [1.29, 1.82) is 0 Å². The van der Waals surface area contributed by atoms with Crippen LogP contribution in [-0.2, 0) is 0 Å². The second-order valence-corrected chi connectivity index (χ2v) is 1.83. The molecule has 1 heterocycles. The third-order valence-electron chi connectivity index (χ3n) is 1.12. The maximum absolute atomic E-state index is 10.2. The zero-order valence-electron chi connectivity index (χ0n) is 5.29. The van der Waals surface area contributed by atoms with Crippen molar-refractivity contribution in [3.05, 3.63) is 15.8 Å². The minimum atomic E-state index is -0.561. The first kappa shape index (κ1) is 6.79. The van der Waals surface area contributed by atoms with Crippen molar-refractivity contribution in [2.45, 2.75) is 6.92 Å². The lowest BCUT2D eigenvalue weighted by molar-refractivity contribution is -0.384. The second-order valence-electron chi connectivity index (χ2n) is 1.83. The molecular formula is C4H4BN3O2. The lowest BCUT2D eigenvalue weighted by Gasteiger charge is -1.86. The fraction of sp³-hybridized carbons (Fsp3) is 0.250. The van der Waals surface area contributed by atoms with E-state index in [-0.39, 0.29) is 11.3 Å². The molecule has 5 nitrogen and oxygen atoms in total. The van der Waals surface area contributed by atoms with E-state index < -0.39 is 4.92 Å². The van der Waals surface area contributed by atoms with Crippen LogP contribution < -0.4 is 5.59 Å². The quantitative estimate of drug-likeness (QED) is 0.319. The molecular weight excluding hydrogens is 133 g/mol. The van der Waals surface area contributed by atoms with Gasteiger partial charge in [0.15, 0.2) is 7.85 Å². The highest BCUT2D eigenvalue weighted by Gasteiger charge is 2.15. The van der Waals surface area contributed by atoms with E-state index in [1.165, 1.54) is 6.92 Å². The lowest BCUT2D eigenvalue weighted by atomic mass is 10.0. The molecule has 0 aliphatic rings. The van der Waals surface area contributed by atoms with Crippen LogP contribution in [-0.4, -0.2) is 23.0 Å². The van der Waals surface area contributed by atoms with E-state index in [9.17, 15) is 10.1 Å². The van der Waals surface area contributed by atoms with Crippen LogP contribution in [0, 0.1) is 17.0 Å². The first-order chi connectivity index (χ1) is 4.63. The zero-order chi connectivity index (χ0) is 7.72. The Kier molecular flexibility index (Phi) is 1.45. The topological polar surface area (TPSA) is 71.8 Å². The van der Waals surface area contributed by atoms with Crippen molar-refractivity contribution in [2.24, 2.45) is 0 Å². The van der Waals surface area contributed by atoms with Gasteiger partial charge in [-0.2, -0.15) is 5.10 Å². The fourth-order valence-electron chi connectivity index (χ4n) is 0.675. The summed E-state index contributed by atoms with van der Waals surface area (Å²) < 4.78 is 0. The van der Waals surface area contributed by atoms with Crippen molar-refractivity contribution < 1.29 is 4.92 Å². The highest BCUT2D eigenvalue weighted by Crippen LogP contribution is 2.08.